The number of hydrogen-bond donors (Lipinski definition) is 8. The average Bonchev–Trinajstić information content (AvgIpc) is 3.40. The highest BCUT2D eigenvalue weighted by Gasteiger charge is 2.10. The maximum Gasteiger partial charge on any atom is 0.242 e. The quantitative estimate of drug-likeness (QED) is 0.0466. The second kappa shape index (κ2) is 30.7. The van der Waals surface area contributed by atoms with Gasteiger partial charge in [0.25, 0.3) is 0 Å². The summed E-state index contributed by atoms with van der Waals surface area (Å²) in [7, 11) is 0. The molecule has 0 aliphatic carbocycles. The lowest BCUT2D eigenvalue weighted by atomic mass is 10.2. The maximum atomic E-state index is 5.91. The molecule has 0 aliphatic heterocycles. The predicted molar refractivity (Wildman–Crippen MR) is 330 cm³/mol. The molecule has 5 heterocycles. The summed E-state index contributed by atoms with van der Waals surface area (Å²) < 4.78 is 12.3. The summed E-state index contributed by atoms with van der Waals surface area (Å²) in [4.78, 5) is 38.9. The van der Waals surface area contributed by atoms with Gasteiger partial charge in [0.05, 0.1) is 21.3 Å². The molecule has 13 N–H and O–H groups in total. The molecule has 0 unspecified atom stereocenters. The highest BCUT2D eigenvalue weighted by Crippen LogP contribution is 2.31. The molecule has 10 aromatic rings. The van der Waals surface area contributed by atoms with Crippen molar-refractivity contribution in [2.24, 2.45) is 0 Å². The SMILES string of the molecule is Cc1cnc(Cl)nc1Nc1cccc(N)c1.Nc1cccc(Nc2nc(Cl)ncc2Br)c1.Nc1cccc(Nc2nc(Cl)ncc2Cl)c1.Nc1cccc(Oc2nc(Cl)ncc2Br)c1.Nc1cccc(Oc2nc(Cl)ncc2Cl)c1. The minimum absolute atomic E-state index is 0.0725. The largest absolute Gasteiger partial charge is 0.438 e. The van der Waals surface area contributed by atoms with E-state index < -0.39 is 0 Å². The first-order valence-corrected chi connectivity index (χ1v) is 26.6. The Morgan fingerprint density at radius 3 is 1.21 bits per heavy atom. The summed E-state index contributed by atoms with van der Waals surface area (Å²) in [5, 5.41) is 10.7. The molecule has 80 heavy (non-hydrogen) atoms. The van der Waals surface area contributed by atoms with Crippen molar-refractivity contribution in [1.29, 1.82) is 0 Å². The van der Waals surface area contributed by atoms with Gasteiger partial charge < -0.3 is 54.1 Å². The molecule has 0 bridgehead atoms. The van der Waals surface area contributed by atoms with Crippen molar-refractivity contribution in [2.75, 3.05) is 44.6 Å². The zero-order chi connectivity index (χ0) is 57.7. The molecule has 0 radical (unpaired) electrons. The van der Waals surface area contributed by atoms with Crippen LogP contribution in [0.2, 0.25) is 36.5 Å². The highest BCUT2D eigenvalue weighted by atomic mass is 79.9. The third kappa shape index (κ3) is 20.9. The fraction of sp³-hybridized carbons (Fsp3) is 0.0196. The lowest BCUT2D eigenvalue weighted by Crippen LogP contribution is -1.98. The molecule has 0 amide bonds. The number of nitrogens with two attached hydrogens (primary N) is 5. The van der Waals surface area contributed by atoms with Gasteiger partial charge in [0, 0.05) is 81.8 Å². The Morgan fingerprint density at radius 2 is 0.725 bits per heavy atom. The fourth-order valence-corrected chi connectivity index (χ4v) is 7.34. The molecule has 0 saturated carbocycles. The zero-order valence-corrected chi connectivity index (χ0v) is 49.5. The Morgan fingerprint density at radius 1 is 0.375 bits per heavy atom. The minimum atomic E-state index is 0.0725. The van der Waals surface area contributed by atoms with E-state index in [2.05, 4.69) is 97.7 Å². The second-order valence-corrected chi connectivity index (χ2v) is 19.7. The summed E-state index contributed by atoms with van der Waals surface area (Å²) >= 11 is 46.7. The normalized spacial score (nSPS) is 10.1. The Kier molecular flexibility index (Phi) is 23.7. The van der Waals surface area contributed by atoms with E-state index in [0.717, 1.165) is 27.1 Å². The lowest BCUT2D eigenvalue weighted by molar-refractivity contribution is 0.458. The van der Waals surface area contributed by atoms with E-state index in [1.807, 2.05) is 67.6 Å². The van der Waals surface area contributed by atoms with Crippen LogP contribution >= 0.6 is 113 Å². The Labute approximate surface area is 509 Å². The molecule has 0 spiro atoms. The summed E-state index contributed by atoms with van der Waals surface area (Å²) in [6.07, 6.45) is 7.59. The molecule has 5 aromatic heterocycles. The van der Waals surface area contributed by atoms with Gasteiger partial charge in [-0.25, -0.2) is 29.9 Å². The number of anilines is 11. The molecule has 410 valence electrons. The number of ether oxygens (including phenoxy) is 2. The molecular weight excluding hydrogens is 1300 g/mol. The van der Waals surface area contributed by atoms with Crippen molar-refractivity contribution in [3.05, 3.63) is 203 Å². The van der Waals surface area contributed by atoms with Gasteiger partial charge in [-0.05, 0) is 176 Å². The van der Waals surface area contributed by atoms with Crippen molar-refractivity contribution >= 4 is 176 Å². The molecule has 0 saturated heterocycles. The van der Waals surface area contributed by atoms with Crippen LogP contribution in [0.25, 0.3) is 0 Å². The molecule has 5 aromatic carbocycles. The van der Waals surface area contributed by atoms with Gasteiger partial charge in [-0.15, -0.1) is 0 Å². The van der Waals surface area contributed by atoms with Crippen LogP contribution in [-0.4, -0.2) is 49.8 Å². The van der Waals surface area contributed by atoms with Crippen LogP contribution in [0.4, 0.5) is 63.0 Å². The zero-order valence-electron chi connectivity index (χ0n) is 41.0. The molecular formula is C51H41Br2Cl7N18O2. The van der Waals surface area contributed by atoms with Gasteiger partial charge in [-0.3, -0.25) is 0 Å². The number of rotatable bonds is 10. The standard InChI is InChI=1S/C11H11ClN4.C10H8BrClN4.C10H7BrClN3O.C10H8Cl2N4.C10H7Cl2N3O/c1-7-6-14-11(12)16-10(7)15-9-4-2-3-8(13)5-9;11-8-5-14-10(12)16-9(8)15-7-3-1-2-6(13)4-7;11-8-5-14-10(12)15-9(8)16-7-3-1-2-6(13)4-7;11-8-5-14-10(12)16-9(8)15-7-3-1-2-6(13)4-7;11-8-5-14-10(12)15-9(8)16-7-3-1-2-6(13)4-7/h2-6H,13H2,1H3,(H,14,15,16);1-5H,13H2,(H,14,15,16);1-5H,13H2;1-5H,13H2,(H,14,15,16);1-5H,13H2. The third-order valence-electron chi connectivity index (χ3n) is 9.33. The monoisotopic (exact) mass is 1340 g/mol. The van der Waals surface area contributed by atoms with Crippen LogP contribution in [-0.2, 0) is 0 Å². The van der Waals surface area contributed by atoms with Gasteiger partial charge in [0.2, 0.25) is 38.2 Å². The molecule has 29 heteroatoms. The average molecular weight is 1350 g/mol. The van der Waals surface area contributed by atoms with Crippen molar-refractivity contribution in [3.8, 4) is 23.3 Å². The van der Waals surface area contributed by atoms with E-state index in [4.69, 9.17) is 119 Å². The second-order valence-electron chi connectivity index (χ2n) is 15.5. The number of aryl methyl sites for hydroxylation is 1. The first kappa shape index (κ1) is 61.7. The van der Waals surface area contributed by atoms with Gasteiger partial charge in [-0.2, -0.15) is 19.9 Å². The Bertz CT molecular complexity index is 3140. The van der Waals surface area contributed by atoms with E-state index in [-0.39, 0.29) is 37.3 Å². The summed E-state index contributed by atoms with van der Waals surface area (Å²) in [6.45, 7) is 1.91. The van der Waals surface area contributed by atoms with Crippen molar-refractivity contribution in [1.82, 2.24) is 49.8 Å². The van der Waals surface area contributed by atoms with Gasteiger partial charge in [0.1, 0.15) is 33.2 Å². The number of nitrogen functional groups attached to an aromatic ring is 5. The van der Waals surface area contributed by atoms with Crippen molar-refractivity contribution < 1.29 is 9.47 Å². The van der Waals surface area contributed by atoms with Crippen LogP contribution < -0.4 is 54.1 Å². The van der Waals surface area contributed by atoms with E-state index in [0.29, 0.717) is 72.8 Å². The summed E-state index contributed by atoms with van der Waals surface area (Å²) in [5.74, 6) is 3.42. The van der Waals surface area contributed by atoms with Gasteiger partial charge in [0.15, 0.2) is 5.82 Å². The van der Waals surface area contributed by atoms with E-state index in [1.54, 1.807) is 73.1 Å². The molecule has 0 fully saturated rings. The van der Waals surface area contributed by atoms with Gasteiger partial charge in [-0.1, -0.05) is 53.5 Å². The molecule has 0 aliphatic rings. The number of aromatic nitrogens is 10. The predicted octanol–water partition coefficient (Wildman–Crippen LogP) is 15.5. The molecule has 20 nitrogen and oxygen atoms in total. The van der Waals surface area contributed by atoms with Crippen molar-refractivity contribution in [2.45, 2.75) is 6.92 Å². The van der Waals surface area contributed by atoms with E-state index >= 15 is 0 Å². The smallest absolute Gasteiger partial charge is 0.242 e. The number of halogens is 9. The molecule has 0 atom stereocenters. The first-order chi connectivity index (χ1) is 38.2. The Hall–Kier alpha value is -7.51. The topological polar surface area (TPSA) is 314 Å². The minimum Gasteiger partial charge on any atom is -0.438 e. The maximum absolute atomic E-state index is 5.91. The number of nitrogens with zero attached hydrogens (tertiary/aromatic N) is 10. The van der Waals surface area contributed by atoms with Crippen LogP contribution in [0.5, 0.6) is 23.3 Å². The summed E-state index contributed by atoms with van der Waals surface area (Å²) in [5.41, 5.74) is 34.9. The van der Waals surface area contributed by atoms with Gasteiger partial charge >= 0.3 is 0 Å². The van der Waals surface area contributed by atoms with Crippen LogP contribution in [0, 0.1) is 6.92 Å². The number of hydrogen-bond acceptors (Lipinski definition) is 20. The van der Waals surface area contributed by atoms with E-state index in [1.165, 1.54) is 18.6 Å². The Balaban J connectivity index is 0.000000161. The first-order valence-electron chi connectivity index (χ1n) is 22.4. The highest BCUT2D eigenvalue weighted by molar-refractivity contribution is 9.11. The fourth-order valence-electron chi connectivity index (χ4n) is 5.86. The molecule has 10 rings (SSSR count). The van der Waals surface area contributed by atoms with Crippen LogP contribution in [0.15, 0.2) is 161 Å². The van der Waals surface area contributed by atoms with Crippen molar-refractivity contribution in [3.63, 3.8) is 0 Å². The lowest BCUT2D eigenvalue weighted by Gasteiger charge is -2.08. The van der Waals surface area contributed by atoms with E-state index in [9.17, 15) is 0 Å². The van der Waals surface area contributed by atoms with Crippen LogP contribution in [0.3, 0.4) is 0 Å². The summed E-state index contributed by atoms with van der Waals surface area (Å²) in [6, 6.07) is 36.0. The number of nitrogens with one attached hydrogen (secondary N) is 3. The number of benzene rings is 5. The van der Waals surface area contributed by atoms with Crippen LogP contribution in [0.1, 0.15) is 5.56 Å². The third-order valence-corrected chi connectivity index (χ3v) is 11.9.